The molecular weight excluding hydrogens is 235 g/mol. The van der Waals surface area contributed by atoms with Crippen molar-refractivity contribution in [1.29, 1.82) is 0 Å². The molecule has 0 atom stereocenters. The predicted molar refractivity (Wildman–Crippen MR) is 65.7 cm³/mol. The quantitative estimate of drug-likeness (QED) is 0.722. The van der Waals surface area contributed by atoms with Gasteiger partial charge in [-0.2, -0.15) is 0 Å². The Labute approximate surface area is 99.2 Å². The minimum absolute atomic E-state index is 0.00726. The smallest absolute Gasteiger partial charge is 0.0656 e. The van der Waals surface area contributed by atoms with Crippen molar-refractivity contribution < 1.29 is 5.11 Å². The van der Waals surface area contributed by atoms with Gasteiger partial charge in [-0.05, 0) is 26.0 Å². The Morgan fingerprint density at radius 2 is 1.87 bits per heavy atom. The number of nitrogens with two attached hydrogens (primary N) is 1. The Balaban J connectivity index is 3.01. The van der Waals surface area contributed by atoms with Gasteiger partial charge >= 0.3 is 0 Å². The molecule has 0 fully saturated rings. The van der Waals surface area contributed by atoms with Crippen LogP contribution >= 0.6 is 23.2 Å². The van der Waals surface area contributed by atoms with Crippen LogP contribution in [0.4, 0.5) is 11.4 Å². The van der Waals surface area contributed by atoms with E-state index in [1.165, 1.54) is 0 Å². The highest BCUT2D eigenvalue weighted by Crippen LogP contribution is 2.32. The summed E-state index contributed by atoms with van der Waals surface area (Å²) in [6, 6.07) is 3.23. The van der Waals surface area contributed by atoms with E-state index >= 15 is 0 Å². The fraction of sp³-hybridized carbons (Fsp3) is 0.400. The van der Waals surface area contributed by atoms with E-state index < -0.39 is 5.54 Å². The zero-order valence-electron chi connectivity index (χ0n) is 8.64. The fourth-order valence-corrected chi connectivity index (χ4v) is 1.41. The number of benzene rings is 1. The van der Waals surface area contributed by atoms with Crippen LogP contribution in [0.15, 0.2) is 12.1 Å². The first-order valence-corrected chi connectivity index (χ1v) is 5.25. The number of nitrogen functional groups attached to an aromatic ring is 1. The van der Waals surface area contributed by atoms with Gasteiger partial charge in [-0.25, -0.2) is 0 Å². The maximum Gasteiger partial charge on any atom is 0.0656 e. The first-order chi connectivity index (χ1) is 6.85. The van der Waals surface area contributed by atoms with E-state index in [1.807, 2.05) is 13.8 Å². The first kappa shape index (κ1) is 12.4. The lowest BCUT2D eigenvalue weighted by Crippen LogP contribution is -2.35. The maximum atomic E-state index is 9.11. The summed E-state index contributed by atoms with van der Waals surface area (Å²) in [6.07, 6.45) is 0. The lowest BCUT2D eigenvalue weighted by molar-refractivity contribution is 0.234. The molecule has 1 aromatic rings. The van der Waals surface area contributed by atoms with Gasteiger partial charge in [0.15, 0.2) is 0 Å². The molecule has 1 rings (SSSR count). The maximum absolute atomic E-state index is 9.11. The first-order valence-electron chi connectivity index (χ1n) is 4.49. The molecule has 0 aromatic heterocycles. The highest BCUT2D eigenvalue weighted by molar-refractivity contribution is 6.42. The highest BCUT2D eigenvalue weighted by atomic mass is 35.5. The Kier molecular flexibility index (Phi) is 3.71. The van der Waals surface area contributed by atoms with Crippen molar-refractivity contribution in [3.63, 3.8) is 0 Å². The molecule has 0 aliphatic rings. The number of anilines is 2. The van der Waals surface area contributed by atoms with E-state index in [-0.39, 0.29) is 6.61 Å². The lowest BCUT2D eigenvalue weighted by Gasteiger charge is -2.26. The number of halogens is 2. The number of aliphatic hydroxyl groups excluding tert-OH is 1. The molecule has 0 aliphatic heterocycles. The van der Waals surface area contributed by atoms with Crippen molar-refractivity contribution >= 4 is 34.6 Å². The van der Waals surface area contributed by atoms with E-state index in [9.17, 15) is 0 Å². The molecule has 1 aromatic carbocycles. The second-order valence-corrected chi connectivity index (χ2v) is 4.83. The summed E-state index contributed by atoms with van der Waals surface area (Å²) in [4.78, 5) is 0. The number of rotatable bonds is 3. The number of nitrogens with one attached hydrogen (secondary N) is 1. The number of aliphatic hydroxyl groups is 1. The molecule has 0 saturated heterocycles. The van der Waals surface area contributed by atoms with E-state index in [2.05, 4.69) is 5.32 Å². The third-order valence-corrected chi connectivity index (χ3v) is 2.68. The average Bonchev–Trinajstić information content (AvgIpc) is 2.14. The van der Waals surface area contributed by atoms with Crippen LogP contribution < -0.4 is 11.1 Å². The molecule has 84 valence electrons. The monoisotopic (exact) mass is 248 g/mol. The lowest BCUT2D eigenvalue weighted by atomic mass is 10.1. The van der Waals surface area contributed by atoms with Gasteiger partial charge in [-0.15, -0.1) is 0 Å². The van der Waals surface area contributed by atoms with Crippen LogP contribution in [0.25, 0.3) is 0 Å². The van der Waals surface area contributed by atoms with Gasteiger partial charge in [0.2, 0.25) is 0 Å². The summed E-state index contributed by atoms with van der Waals surface area (Å²) in [7, 11) is 0. The van der Waals surface area contributed by atoms with Gasteiger partial charge in [0.1, 0.15) is 0 Å². The van der Waals surface area contributed by atoms with Crippen LogP contribution in [0.1, 0.15) is 13.8 Å². The van der Waals surface area contributed by atoms with Crippen LogP contribution in [0, 0.1) is 0 Å². The molecule has 0 bridgehead atoms. The van der Waals surface area contributed by atoms with E-state index in [0.29, 0.717) is 21.4 Å². The van der Waals surface area contributed by atoms with Crippen molar-refractivity contribution in [1.82, 2.24) is 0 Å². The van der Waals surface area contributed by atoms with E-state index in [4.69, 9.17) is 34.0 Å². The molecule has 0 radical (unpaired) electrons. The van der Waals surface area contributed by atoms with Gasteiger partial charge < -0.3 is 16.2 Å². The molecule has 0 spiro atoms. The summed E-state index contributed by atoms with van der Waals surface area (Å²) >= 11 is 11.7. The van der Waals surface area contributed by atoms with Crippen LogP contribution in [0.2, 0.25) is 10.0 Å². The Hall–Kier alpha value is -0.640. The molecule has 0 saturated carbocycles. The molecule has 0 aliphatic carbocycles. The van der Waals surface area contributed by atoms with Crippen LogP contribution in [-0.2, 0) is 0 Å². The van der Waals surface area contributed by atoms with Crippen LogP contribution in [-0.4, -0.2) is 17.3 Å². The van der Waals surface area contributed by atoms with Crippen molar-refractivity contribution in [3.8, 4) is 0 Å². The van der Waals surface area contributed by atoms with Crippen LogP contribution in [0.5, 0.6) is 0 Å². The minimum Gasteiger partial charge on any atom is -0.397 e. The third-order valence-electron chi connectivity index (χ3n) is 1.96. The van der Waals surface area contributed by atoms with Crippen molar-refractivity contribution in [2.24, 2.45) is 0 Å². The zero-order valence-corrected chi connectivity index (χ0v) is 10.2. The zero-order chi connectivity index (χ0) is 11.6. The van der Waals surface area contributed by atoms with Crippen molar-refractivity contribution in [3.05, 3.63) is 22.2 Å². The molecule has 4 N–H and O–H groups in total. The van der Waals surface area contributed by atoms with Gasteiger partial charge in [-0.1, -0.05) is 23.2 Å². The predicted octanol–water partition coefficient (Wildman–Crippen LogP) is 2.76. The van der Waals surface area contributed by atoms with Gasteiger partial charge in [0.25, 0.3) is 0 Å². The minimum atomic E-state index is -0.453. The summed E-state index contributed by atoms with van der Waals surface area (Å²) in [5.74, 6) is 0. The molecule has 0 amide bonds. The van der Waals surface area contributed by atoms with E-state index in [1.54, 1.807) is 12.1 Å². The van der Waals surface area contributed by atoms with E-state index in [0.717, 1.165) is 0 Å². The number of hydrogen-bond acceptors (Lipinski definition) is 3. The second kappa shape index (κ2) is 4.47. The molecule has 15 heavy (non-hydrogen) atoms. The largest absolute Gasteiger partial charge is 0.397 e. The molecular formula is C10H14Cl2N2O. The number of hydrogen-bond donors (Lipinski definition) is 3. The van der Waals surface area contributed by atoms with Gasteiger partial charge in [0, 0.05) is 0 Å². The summed E-state index contributed by atoms with van der Waals surface area (Å²) in [5, 5.41) is 13.0. The summed E-state index contributed by atoms with van der Waals surface area (Å²) < 4.78 is 0. The fourth-order valence-electron chi connectivity index (χ4n) is 1.07. The SMILES string of the molecule is CC(C)(CO)Nc1cc(Cl)c(Cl)cc1N. The van der Waals surface area contributed by atoms with Crippen LogP contribution in [0.3, 0.4) is 0 Å². The molecule has 0 unspecified atom stereocenters. The summed E-state index contributed by atoms with van der Waals surface area (Å²) in [6.45, 7) is 3.70. The molecule has 5 heteroatoms. The average molecular weight is 249 g/mol. The van der Waals surface area contributed by atoms with Crippen molar-refractivity contribution in [2.45, 2.75) is 19.4 Å². The Morgan fingerprint density at radius 1 is 1.33 bits per heavy atom. The highest BCUT2D eigenvalue weighted by Gasteiger charge is 2.17. The Morgan fingerprint density at radius 3 is 2.40 bits per heavy atom. The molecule has 3 nitrogen and oxygen atoms in total. The van der Waals surface area contributed by atoms with Gasteiger partial charge in [-0.3, -0.25) is 0 Å². The third kappa shape index (κ3) is 3.16. The summed E-state index contributed by atoms with van der Waals surface area (Å²) in [5.41, 5.74) is 6.49. The Bertz CT molecular complexity index is 367. The second-order valence-electron chi connectivity index (χ2n) is 4.02. The molecule has 0 heterocycles. The topological polar surface area (TPSA) is 58.3 Å². The standard InChI is InChI=1S/C10H14Cl2N2O/c1-10(2,5-15)14-9-4-7(12)6(11)3-8(9)13/h3-4,14-15H,5,13H2,1-2H3. The van der Waals surface area contributed by atoms with Gasteiger partial charge in [0.05, 0.1) is 33.6 Å². The normalized spacial score (nSPS) is 11.5. The van der Waals surface area contributed by atoms with Crippen molar-refractivity contribution in [2.75, 3.05) is 17.7 Å².